The Labute approximate surface area is 241 Å². The number of methoxy groups -OCH3 is 1. The van der Waals surface area contributed by atoms with Crippen LogP contribution in [0.15, 0.2) is 12.2 Å². The number of hydrogen-bond donors (Lipinski definition) is 0. The third-order valence-electron chi connectivity index (χ3n) is 8.18. The van der Waals surface area contributed by atoms with Crippen molar-refractivity contribution < 1.29 is 19.1 Å². The second-order valence-electron chi connectivity index (χ2n) is 12.2. The van der Waals surface area contributed by atoms with Gasteiger partial charge in [0.25, 0.3) is 0 Å². The number of carbonyl (C=O) groups excluding carboxylic acids is 2. The van der Waals surface area contributed by atoms with E-state index in [4.69, 9.17) is 9.47 Å². The Morgan fingerprint density at radius 2 is 1.36 bits per heavy atom. The van der Waals surface area contributed by atoms with Gasteiger partial charge in [-0.15, -0.1) is 0 Å². The van der Waals surface area contributed by atoms with Crippen molar-refractivity contribution in [2.75, 3.05) is 27.7 Å². The van der Waals surface area contributed by atoms with Gasteiger partial charge in [0.1, 0.15) is 6.10 Å². The van der Waals surface area contributed by atoms with E-state index in [1.54, 1.807) is 0 Å². The molecular weight excluding hydrogens is 486 g/mol. The van der Waals surface area contributed by atoms with E-state index in [1.807, 2.05) is 14.1 Å². The Bertz CT molecular complexity index is 633. The maximum Gasteiger partial charge on any atom is 0.306 e. The zero-order chi connectivity index (χ0) is 28.6. The average molecular weight is 550 g/mol. The lowest BCUT2D eigenvalue weighted by Gasteiger charge is -2.18. The first-order valence-electron chi connectivity index (χ1n) is 16.5. The van der Waals surface area contributed by atoms with Gasteiger partial charge in [-0.25, -0.2) is 0 Å². The molecule has 228 valence electrons. The van der Waals surface area contributed by atoms with Gasteiger partial charge in [-0.3, -0.25) is 9.59 Å². The molecular formula is C34H63NO4. The summed E-state index contributed by atoms with van der Waals surface area (Å²) in [6.45, 7) is 3.20. The molecule has 0 N–H and O–H groups in total. The molecule has 1 aliphatic rings. The molecule has 3 atom stereocenters. The normalized spacial score (nSPS) is 17.6. The van der Waals surface area contributed by atoms with Crippen LogP contribution in [0.2, 0.25) is 0 Å². The smallest absolute Gasteiger partial charge is 0.306 e. The first kappa shape index (κ1) is 35.7. The van der Waals surface area contributed by atoms with Gasteiger partial charge in [-0.1, -0.05) is 83.3 Å². The van der Waals surface area contributed by atoms with Gasteiger partial charge in [0.2, 0.25) is 0 Å². The molecule has 3 unspecified atom stereocenters. The molecule has 1 rings (SSSR count). The molecule has 39 heavy (non-hydrogen) atoms. The molecule has 0 aromatic rings. The van der Waals surface area contributed by atoms with E-state index in [0.29, 0.717) is 12.8 Å². The van der Waals surface area contributed by atoms with Crippen molar-refractivity contribution in [2.24, 2.45) is 11.8 Å². The summed E-state index contributed by atoms with van der Waals surface area (Å²) >= 11 is 0. The molecule has 0 saturated heterocycles. The highest BCUT2D eigenvalue weighted by Crippen LogP contribution is 2.45. The van der Waals surface area contributed by atoms with E-state index in [1.165, 1.54) is 71.3 Å². The largest absolute Gasteiger partial charge is 0.469 e. The number of esters is 2. The van der Waals surface area contributed by atoms with Crippen molar-refractivity contribution in [2.45, 2.75) is 154 Å². The number of nitrogens with zero attached hydrogens (tertiary/aromatic N) is 1. The van der Waals surface area contributed by atoms with Gasteiger partial charge in [-0.05, 0) is 96.7 Å². The van der Waals surface area contributed by atoms with Crippen molar-refractivity contribution in [1.29, 1.82) is 0 Å². The summed E-state index contributed by atoms with van der Waals surface area (Å²) in [6, 6.07) is 0. The molecule has 0 aromatic heterocycles. The van der Waals surface area contributed by atoms with Crippen LogP contribution in [0.4, 0.5) is 0 Å². The minimum Gasteiger partial charge on any atom is -0.469 e. The summed E-state index contributed by atoms with van der Waals surface area (Å²) in [5.74, 6) is 1.84. The Hall–Kier alpha value is -1.36. The van der Waals surface area contributed by atoms with Gasteiger partial charge in [0.05, 0.1) is 7.11 Å². The highest BCUT2D eigenvalue weighted by atomic mass is 16.5. The van der Waals surface area contributed by atoms with Crippen LogP contribution in [0, 0.1) is 11.8 Å². The van der Waals surface area contributed by atoms with E-state index in [0.717, 1.165) is 82.6 Å². The number of ether oxygens (including phenoxy) is 2. The minimum atomic E-state index is -0.120. The zero-order valence-corrected chi connectivity index (χ0v) is 26.2. The molecule has 1 aliphatic carbocycles. The molecule has 0 aliphatic heterocycles. The molecule has 1 fully saturated rings. The van der Waals surface area contributed by atoms with Crippen LogP contribution < -0.4 is 0 Å². The van der Waals surface area contributed by atoms with Crippen molar-refractivity contribution in [3.05, 3.63) is 12.2 Å². The number of carbonyl (C=O) groups is 2. The third kappa shape index (κ3) is 22.1. The summed E-state index contributed by atoms with van der Waals surface area (Å²) in [6.07, 6.45) is 29.9. The van der Waals surface area contributed by atoms with Gasteiger partial charge in [0.15, 0.2) is 0 Å². The van der Waals surface area contributed by atoms with Gasteiger partial charge < -0.3 is 14.4 Å². The van der Waals surface area contributed by atoms with E-state index < -0.39 is 0 Å². The standard InChI is InChI=1S/C34H63NO4/c1-5-6-7-8-11-16-22-30-29-31(30)23-17-12-9-13-18-24-32(39-34(37)27-21-28-35(2)3)25-19-14-10-15-20-26-33(36)38-4/h9,12,30-32H,5-8,10-11,13-29H2,1-4H3/b12-9+. The maximum absolute atomic E-state index is 12.4. The Morgan fingerprint density at radius 1 is 0.744 bits per heavy atom. The quantitative estimate of drug-likeness (QED) is 0.0581. The highest BCUT2D eigenvalue weighted by Gasteiger charge is 2.34. The van der Waals surface area contributed by atoms with E-state index >= 15 is 0 Å². The average Bonchev–Trinajstić information content (AvgIpc) is 3.66. The van der Waals surface area contributed by atoms with Crippen LogP contribution in [0.1, 0.15) is 148 Å². The lowest BCUT2D eigenvalue weighted by molar-refractivity contribution is -0.150. The van der Waals surface area contributed by atoms with E-state index in [9.17, 15) is 9.59 Å². The minimum absolute atomic E-state index is 0.0366. The van der Waals surface area contributed by atoms with Gasteiger partial charge in [-0.2, -0.15) is 0 Å². The van der Waals surface area contributed by atoms with Crippen LogP contribution in [0.25, 0.3) is 0 Å². The first-order chi connectivity index (χ1) is 19.0. The van der Waals surface area contributed by atoms with E-state index in [2.05, 4.69) is 24.0 Å². The second-order valence-corrected chi connectivity index (χ2v) is 12.2. The number of allylic oxidation sites excluding steroid dienone is 2. The van der Waals surface area contributed by atoms with Crippen molar-refractivity contribution in [1.82, 2.24) is 4.90 Å². The lowest BCUT2D eigenvalue weighted by Crippen LogP contribution is -2.20. The second kappa shape index (κ2) is 24.4. The summed E-state index contributed by atoms with van der Waals surface area (Å²) in [7, 11) is 5.51. The molecule has 0 aromatic carbocycles. The fourth-order valence-electron chi connectivity index (χ4n) is 5.53. The summed E-state index contributed by atoms with van der Waals surface area (Å²) in [5.41, 5.74) is 0. The fraction of sp³-hybridized carbons (Fsp3) is 0.882. The topological polar surface area (TPSA) is 55.8 Å². The van der Waals surface area contributed by atoms with Crippen LogP contribution in [0.5, 0.6) is 0 Å². The monoisotopic (exact) mass is 549 g/mol. The Kier molecular flexibility index (Phi) is 22.3. The summed E-state index contributed by atoms with van der Waals surface area (Å²) in [5, 5.41) is 0. The van der Waals surface area contributed by atoms with E-state index in [-0.39, 0.29) is 18.0 Å². The van der Waals surface area contributed by atoms with Crippen molar-refractivity contribution in [3.8, 4) is 0 Å². The maximum atomic E-state index is 12.4. The predicted molar refractivity (Wildman–Crippen MR) is 164 cm³/mol. The lowest BCUT2D eigenvalue weighted by atomic mass is 10.0. The van der Waals surface area contributed by atoms with Crippen LogP contribution >= 0.6 is 0 Å². The summed E-state index contributed by atoms with van der Waals surface area (Å²) in [4.78, 5) is 25.7. The summed E-state index contributed by atoms with van der Waals surface area (Å²) < 4.78 is 10.6. The molecule has 0 heterocycles. The molecule has 0 radical (unpaired) electrons. The fourth-order valence-corrected chi connectivity index (χ4v) is 5.53. The zero-order valence-electron chi connectivity index (χ0n) is 26.2. The predicted octanol–water partition coefficient (Wildman–Crippen LogP) is 9.04. The Balaban J connectivity index is 2.18. The molecule has 1 saturated carbocycles. The molecule has 0 amide bonds. The molecule has 0 bridgehead atoms. The number of rotatable bonds is 27. The first-order valence-corrected chi connectivity index (χ1v) is 16.5. The molecule has 5 heteroatoms. The third-order valence-corrected chi connectivity index (χ3v) is 8.18. The molecule has 0 spiro atoms. The highest BCUT2D eigenvalue weighted by molar-refractivity contribution is 5.69. The van der Waals surface area contributed by atoms with Crippen molar-refractivity contribution in [3.63, 3.8) is 0 Å². The molecule has 5 nitrogen and oxygen atoms in total. The van der Waals surface area contributed by atoms with Crippen LogP contribution in [0.3, 0.4) is 0 Å². The van der Waals surface area contributed by atoms with Crippen LogP contribution in [-0.2, 0) is 19.1 Å². The Morgan fingerprint density at radius 3 is 2.10 bits per heavy atom. The number of unbranched alkanes of at least 4 members (excludes halogenated alkanes) is 10. The van der Waals surface area contributed by atoms with Crippen molar-refractivity contribution >= 4 is 11.9 Å². The number of hydrogen-bond acceptors (Lipinski definition) is 5. The van der Waals surface area contributed by atoms with Gasteiger partial charge in [0, 0.05) is 12.8 Å². The van der Waals surface area contributed by atoms with Crippen LogP contribution in [-0.4, -0.2) is 50.7 Å². The van der Waals surface area contributed by atoms with Gasteiger partial charge >= 0.3 is 11.9 Å². The SMILES string of the molecule is CCCCCCCCC1CC1CC/C=C/CCCC(CCCCCCCC(=O)OC)OC(=O)CCCN(C)C.